The summed E-state index contributed by atoms with van der Waals surface area (Å²) in [6, 6.07) is 34.7. The van der Waals surface area contributed by atoms with Crippen molar-refractivity contribution in [3.63, 3.8) is 0 Å². The number of carboxylic acid groups (broad SMARTS) is 1. The van der Waals surface area contributed by atoms with Crippen molar-refractivity contribution in [2.75, 3.05) is 0 Å². The van der Waals surface area contributed by atoms with Crippen molar-refractivity contribution in [2.45, 2.75) is 6.42 Å². The second-order valence-corrected chi connectivity index (χ2v) is 7.68. The summed E-state index contributed by atoms with van der Waals surface area (Å²) in [7, 11) is 0. The maximum atomic E-state index is 11.0. The Morgan fingerprint density at radius 2 is 1.55 bits per heavy atom. The molecule has 2 N–H and O–H groups in total. The molecule has 5 aromatic rings. The molecule has 0 unspecified atom stereocenters. The van der Waals surface area contributed by atoms with Gasteiger partial charge in [-0.05, 0) is 63.4 Å². The highest BCUT2D eigenvalue weighted by atomic mass is 16.4. The van der Waals surface area contributed by atoms with Gasteiger partial charge in [-0.3, -0.25) is 0 Å². The van der Waals surface area contributed by atoms with Crippen LogP contribution >= 0.6 is 0 Å². The lowest BCUT2D eigenvalue weighted by molar-refractivity contribution is 0.0697. The van der Waals surface area contributed by atoms with Crippen LogP contribution in [0.15, 0.2) is 103 Å². The number of nitrogens with one attached hydrogen (secondary N) is 1. The fourth-order valence-electron chi connectivity index (χ4n) is 4.01. The summed E-state index contributed by atoms with van der Waals surface area (Å²) in [4.78, 5) is 14.6. The normalized spacial score (nSPS) is 11.0. The molecule has 0 saturated carbocycles. The standard InChI is InChI=1S/C28H21NO2/c30-28(31)22-11-9-19(10-12-22)17-24-15-16-27(29-24)23-14-13-21-7-4-8-25(26(21)18-23)20-5-2-1-3-6-20/h1-16,18,29H,17H2,(H,30,31). The van der Waals surface area contributed by atoms with Crippen LogP contribution in [0, 0.1) is 0 Å². The molecule has 5 rings (SSSR count). The fourth-order valence-corrected chi connectivity index (χ4v) is 4.01. The molecular formula is C28H21NO2. The Labute approximate surface area is 180 Å². The Morgan fingerprint density at radius 1 is 0.742 bits per heavy atom. The number of fused-ring (bicyclic) bond motifs is 1. The van der Waals surface area contributed by atoms with E-state index in [1.54, 1.807) is 12.1 Å². The molecule has 0 spiro atoms. The van der Waals surface area contributed by atoms with Crippen LogP contribution in [0.25, 0.3) is 33.2 Å². The molecule has 0 fully saturated rings. The smallest absolute Gasteiger partial charge is 0.335 e. The topological polar surface area (TPSA) is 53.1 Å². The molecule has 0 amide bonds. The molecule has 31 heavy (non-hydrogen) atoms. The maximum Gasteiger partial charge on any atom is 0.335 e. The molecule has 0 radical (unpaired) electrons. The van der Waals surface area contributed by atoms with Gasteiger partial charge >= 0.3 is 5.97 Å². The zero-order chi connectivity index (χ0) is 21.2. The predicted molar refractivity (Wildman–Crippen MR) is 125 cm³/mol. The minimum absolute atomic E-state index is 0.307. The Hall–Kier alpha value is -4.11. The zero-order valence-corrected chi connectivity index (χ0v) is 16.9. The third kappa shape index (κ3) is 3.86. The highest BCUT2D eigenvalue weighted by molar-refractivity contribution is 5.98. The number of hydrogen-bond donors (Lipinski definition) is 2. The number of rotatable bonds is 5. The summed E-state index contributed by atoms with van der Waals surface area (Å²) >= 11 is 0. The van der Waals surface area contributed by atoms with Crippen molar-refractivity contribution in [3.05, 3.63) is 120 Å². The average molecular weight is 403 g/mol. The van der Waals surface area contributed by atoms with Gasteiger partial charge in [0.15, 0.2) is 0 Å². The SMILES string of the molecule is O=C(O)c1ccc(Cc2ccc(-c3ccc4cccc(-c5ccccc5)c4c3)[nH]2)cc1. The largest absolute Gasteiger partial charge is 0.478 e. The van der Waals surface area contributed by atoms with Gasteiger partial charge in [0.1, 0.15) is 0 Å². The second kappa shape index (κ2) is 7.96. The number of H-pyrrole nitrogens is 1. The second-order valence-electron chi connectivity index (χ2n) is 7.68. The zero-order valence-electron chi connectivity index (χ0n) is 16.9. The minimum Gasteiger partial charge on any atom is -0.478 e. The molecule has 150 valence electrons. The predicted octanol–water partition coefficient (Wildman–Crippen LogP) is 6.79. The number of carbonyl (C=O) groups is 1. The summed E-state index contributed by atoms with van der Waals surface area (Å²) in [5, 5.41) is 11.5. The van der Waals surface area contributed by atoms with E-state index < -0.39 is 5.97 Å². The average Bonchev–Trinajstić information content (AvgIpc) is 3.28. The third-order valence-electron chi connectivity index (χ3n) is 5.62. The van der Waals surface area contributed by atoms with Crippen molar-refractivity contribution in [3.8, 4) is 22.4 Å². The quantitative estimate of drug-likeness (QED) is 0.339. The van der Waals surface area contributed by atoms with E-state index in [1.807, 2.05) is 18.2 Å². The molecule has 0 bridgehead atoms. The van der Waals surface area contributed by atoms with Crippen molar-refractivity contribution < 1.29 is 9.90 Å². The number of benzene rings is 4. The number of aromatic amines is 1. The first-order valence-corrected chi connectivity index (χ1v) is 10.3. The first-order chi connectivity index (χ1) is 15.2. The van der Waals surface area contributed by atoms with Gasteiger partial charge in [-0.2, -0.15) is 0 Å². The summed E-state index contributed by atoms with van der Waals surface area (Å²) < 4.78 is 0. The first-order valence-electron chi connectivity index (χ1n) is 10.3. The Balaban J connectivity index is 1.46. The fraction of sp³-hybridized carbons (Fsp3) is 0.0357. The van der Waals surface area contributed by atoms with Gasteiger partial charge in [-0.15, -0.1) is 0 Å². The molecule has 0 atom stereocenters. The van der Waals surface area contributed by atoms with E-state index in [4.69, 9.17) is 5.11 Å². The highest BCUT2D eigenvalue weighted by Gasteiger charge is 2.08. The van der Waals surface area contributed by atoms with Gasteiger partial charge in [0.25, 0.3) is 0 Å². The van der Waals surface area contributed by atoms with E-state index in [1.165, 1.54) is 21.9 Å². The van der Waals surface area contributed by atoms with Gasteiger partial charge in [0, 0.05) is 17.8 Å². The summed E-state index contributed by atoms with van der Waals surface area (Å²) in [5.74, 6) is -0.903. The van der Waals surface area contributed by atoms with Crippen molar-refractivity contribution in [2.24, 2.45) is 0 Å². The Kier molecular flexibility index (Phi) is 4.85. The number of aromatic nitrogens is 1. The van der Waals surface area contributed by atoms with Crippen LogP contribution in [-0.2, 0) is 6.42 Å². The third-order valence-corrected chi connectivity index (χ3v) is 5.62. The van der Waals surface area contributed by atoms with E-state index in [-0.39, 0.29) is 0 Å². The molecule has 1 heterocycles. The Morgan fingerprint density at radius 3 is 2.32 bits per heavy atom. The minimum atomic E-state index is -0.903. The van der Waals surface area contributed by atoms with E-state index in [0.717, 1.165) is 28.9 Å². The lowest BCUT2D eigenvalue weighted by atomic mass is 9.96. The molecule has 0 saturated heterocycles. The van der Waals surface area contributed by atoms with Crippen molar-refractivity contribution >= 4 is 16.7 Å². The molecule has 0 aliphatic carbocycles. The van der Waals surface area contributed by atoms with Crippen LogP contribution in [0.5, 0.6) is 0 Å². The summed E-state index contributed by atoms with van der Waals surface area (Å²) in [5.41, 5.74) is 7.12. The Bertz CT molecular complexity index is 1370. The van der Waals surface area contributed by atoms with Crippen LogP contribution in [0.3, 0.4) is 0 Å². The van der Waals surface area contributed by atoms with Gasteiger partial charge in [0.05, 0.1) is 5.56 Å². The monoisotopic (exact) mass is 403 g/mol. The highest BCUT2D eigenvalue weighted by Crippen LogP contribution is 2.32. The number of carboxylic acids is 1. The molecule has 4 aromatic carbocycles. The molecule has 3 nitrogen and oxygen atoms in total. The molecule has 0 aliphatic heterocycles. The van der Waals surface area contributed by atoms with Crippen LogP contribution in [0.2, 0.25) is 0 Å². The van der Waals surface area contributed by atoms with E-state index in [9.17, 15) is 4.79 Å². The lowest BCUT2D eigenvalue weighted by Gasteiger charge is -2.09. The van der Waals surface area contributed by atoms with Crippen molar-refractivity contribution in [1.82, 2.24) is 4.98 Å². The number of hydrogen-bond acceptors (Lipinski definition) is 1. The van der Waals surface area contributed by atoms with Gasteiger partial charge in [0.2, 0.25) is 0 Å². The van der Waals surface area contributed by atoms with Crippen LogP contribution in [0.1, 0.15) is 21.6 Å². The molecule has 3 heteroatoms. The summed E-state index contributed by atoms with van der Waals surface area (Å²) in [6.07, 6.45) is 0.725. The lowest BCUT2D eigenvalue weighted by Crippen LogP contribution is -1.96. The molecule has 1 aromatic heterocycles. The van der Waals surface area contributed by atoms with Gasteiger partial charge in [-0.1, -0.05) is 72.8 Å². The van der Waals surface area contributed by atoms with Gasteiger partial charge in [-0.25, -0.2) is 4.79 Å². The molecule has 0 aliphatic rings. The van der Waals surface area contributed by atoms with Gasteiger partial charge < -0.3 is 10.1 Å². The van der Waals surface area contributed by atoms with Crippen LogP contribution < -0.4 is 0 Å². The first kappa shape index (κ1) is 18.9. The van der Waals surface area contributed by atoms with E-state index in [2.05, 4.69) is 77.8 Å². The van der Waals surface area contributed by atoms with Crippen LogP contribution in [0.4, 0.5) is 0 Å². The van der Waals surface area contributed by atoms with Crippen molar-refractivity contribution in [1.29, 1.82) is 0 Å². The van der Waals surface area contributed by atoms with E-state index >= 15 is 0 Å². The van der Waals surface area contributed by atoms with E-state index in [0.29, 0.717) is 5.56 Å². The molecular weight excluding hydrogens is 382 g/mol. The number of aromatic carboxylic acids is 1. The maximum absolute atomic E-state index is 11.0. The van der Waals surface area contributed by atoms with Crippen LogP contribution in [-0.4, -0.2) is 16.1 Å². The summed E-state index contributed by atoms with van der Waals surface area (Å²) in [6.45, 7) is 0.